The van der Waals surface area contributed by atoms with Gasteiger partial charge in [0.05, 0.1) is 6.26 Å². The Hall–Kier alpha value is -1.75. The number of benzene rings is 1. The molecule has 1 aromatic rings. The number of carbonyl (C=O) groups is 1. The van der Waals surface area contributed by atoms with Crippen LogP contribution >= 0.6 is 0 Å². The van der Waals surface area contributed by atoms with Crippen molar-refractivity contribution in [3.05, 3.63) is 41.3 Å². The Kier molecular flexibility index (Phi) is 7.33. The van der Waals surface area contributed by atoms with Crippen LogP contribution in [0.15, 0.2) is 35.7 Å². The molecule has 2 heterocycles. The third-order valence-corrected chi connectivity index (χ3v) is 8.45. The normalized spacial score (nSPS) is 22.9. The fourth-order valence-corrected chi connectivity index (χ4v) is 6.00. The van der Waals surface area contributed by atoms with E-state index < -0.39 is 20.0 Å². The van der Waals surface area contributed by atoms with Gasteiger partial charge in [-0.3, -0.25) is 4.79 Å². The van der Waals surface area contributed by atoms with Gasteiger partial charge < -0.3 is 5.32 Å². The Bertz CT molecular complexity index is 969. The SMILES string of the molecule is CS(=O)(=O)N1CCCC(NC(=O)C2CCN(S(=O)(=O)/C=C/c3ccccc3)CC2)C1. The zero-order chi connectivity index (χ0) is 21.8. The number of rotatable bonds is 6. The number of nitrogens with zero attached hydrogens (tertiary/aromatic N) is 2. The second-order valence-electron chi connectivity index (χ2n) is 7.90. The molecule has 30 heavy (non-hydrogen) atoms. The van der Waals surface area contributed by atoms with Crippen molar-refractivity contribution >= 4 is 32.0 Å². The third-order valence-electron chi connectivity index (χ3n) is 5.62. The smallest absolute Gasteiger partial charge is 0.236 e. The van der Waals surface area contributed by atoms with Gasteiger partial charge in [-0.25, -0.2) is 21.1 Å². The van der Waals surface area contributed by atoms with E-state index in [0.29, 0.717) is 45.4 Å². The molecule has 10 heteroatoms. The number of carbonyl (C=O) groups excluding carboxylic acids is 1. The third kappa shape index (κ3) is 6.13. The minimum Gasteiger partial charge on any atom is -0.352 e. The van der Waals surface area contributed by atoms with Crippen molar-refractivity contribution in [3.8, 4) is 0 Å². The molecular weight excluding hydrogens is 426 g/mol. The van der Waals surface area contributed by atoms with E-state index in [0.717, 1.165) is 12.0 Å². The minimum absolute atomic E-state index is 0.118. The highest BCUT2D eigenvalue weighted by Gasteiger charge is 2.32. The minimum atomic E-state index is -3.53. The van der Waals surface area contributed by atoms with E-state index in [-0.39, 0.29) is 17.9 Å². The van der Waals surface area contributed by atoms with Crippen molar-refractivity contribution in [2.45, 2.75) is 31.7 Å². The van der Waals surface area contributed by atoms with Gasteiger partial charge in [0.2, 0.25) is 26.0 Å². The molecule has 1 atom stereocenters. The summed E-state index contributed by atoms with van der Waals surface area (Å²) in [6, 6.07) is 9.03. The summed E-state index contributed by atoms with van der Waals surface area (Å²) < 4.78 is 51.4. The summed E-state index contributed by atoms with van der Waals surface area (Å²) in [6.07, 6.45) is 5.11. The van der Waals surface area contributed by atoms with Gasteiger partial charge >= 0.3 is 0 Å². The fraction of sp³-hybridized carbons (Fsp3) is 0.550. The Labute approximate surface area is 179 Å². The molecule has 166 valence electrons. The highest BCUT2D eigenvalue weighted by Crippen LogP contribution is 2.22. The first-order valence-electron chi connectivity index (χ1n) is 10.1. The highest BCUT2D eigenvalue weighted by atomic mass is 32.2. The lowest BCUT2D eigenvalue weighted by Crippen LogP contribution is -2.51. The molecular formula is C20H29N3O5S2. The largest absolute Gasteiger partial charge is 0.352 e. The van der Waals surface area contributed by atoms with E-state index in [1.807, 2.05) is 30.3 Å². The first-order chi connectivity index (χ1) is 14.1. The Morgan fingerprint density at radius 2 is 1.67 bits per heavy atom. The zero-order valence-electron chi connectivity index (χ0n) is 17.1. The molecule has 1 amide bonds. The van der Waals surface area contributed by atoms with E-state index in [4.69, 9.17) is 0 Å². The highest BCUT2D eigenvalue weighted by molar-refractivity contribution is 7.92. The quantitative estimate of drug-likeness (QED) is 0.695. The molecule has 1 unspecified atom stereocenters. The van der Waals surface area contributed by atoms with E-state index >= 15 is 0 Å². The van der Waals surface area contributed by atoms with Crippen LogP contribution in [0.3, 0.4) is 0 Å². The van der Waals surface area contributed by atoms with Gasteiger partial charge in [0.1, 0.15) is 0 Å². The maximum absolute atomic E-state index is 12.6. The standard InChI is InChI=1S/C20H29N3O5S2/c1-29(25,26)23-12-5-8-19(16-23)21-20(24)18-9-13-22(14-10-18)30(27,28)15-11-17-6-3-2-4-7-17/h2-4,6-7,11,15,18-19H,5,8-10,12-14,16H2,1H3,(H,21,24)/b15-11+. The predicted molar refractivity (Wildman–Crippen MR) is 116 cm³/mol. The first kappa shape index (κ1) is 22.9. The van der Waals surface area contributed by atoms with Crippen LogP contribution in [0.25, 0.3) is 6.08 Å². The van der Waals surface area contributed by atoms with E-state index in [1.54, 1.807) is 6.08 Å². The molecule has 2 fully saturated rings. The van der Waals surface area contributed by atoms with Crippen molar-refractivity contribution in [2.24, 2.45) is 5.92 Å². The van der Waals surface area contributed by atoms with Crippen LogP contribution in [0.5, 0.6) is 0 Å². The number of hydrogen-bond acceptors (Lipinski definition) is 5. The fourth-order valence-electron chi connectivity index (χ4n) is 3.87. The van der Waals surface area contributed by atoms with Gasteiger partial charge in [-0.05, 0) is 37.3 Å². The molecule has 0 radical (unpaired) electrons. The summed E-state index contributed by atoms with van der Waals surface area (Å²) in [6.45, 7) is 1.36. The monoisotopic (exact) mass is 455 g/mol. The molecule has 3 rings (SSSR count). The second kappa shape index (κ2) is 9.59. The summed E-state index contributed by atoms with van der Waals surface area (Å²) in [4.78, 5) is 12.6. The number of piperidine rings is 2. The average Bonchev–Trinajstić information content (AvgIpc) is 2.73. The van der Waals surface area contributed by atoms with Crippen molar-refractivity contribution in [2.75, 3.05) is 32.4 Å². The molecule has 8 nitrogen and oxygen atoms in total. The lowest BCUT2D eigenvalue weighted by Gasteiger charge is -2.34. The van der Waals surface area contributed by atoms with Crippen molar-refractivity contribution in [3.63, 3.8) is 0 Å². The number of sulfonamides is 2. The van der Waals surface area contributed by atoms with Crippen molar-refractivity contribution in [1.82, 2.24) is 13.9 Å². The molecule has 0 bridgehead atoms. The molecule has 1 aromatic carbocycles. The van der Waals surface area contributed by atoms with Crippen molar-refractivity contribution < 1.29 is 21.6 Å². The summed E-state index contributed by atoms with van der Waals surface area (Å²) in [5.41, 5.74) is 0.811. The van der Waals surface area contributed by atoms with Gasteiger partial charge in [0.15, 0.2) is 0 Å². The Morgan fingerprint density at radius 1 is 1.00 bits per heavy atom. The molecule has 0 aliphatic carbocycles. The first-order valence-corrected chi connectivity index (χ1v) is 13.5. The van der Waals surface area contributed by atoms with E-state index in [2.05, 4.69) is 5.32 Å². The van der Waals surface area contributed by atoms with Gasteiger partial charge in [-0.1, -0.05) is 30.3 Å². The second-order valence-corrected chi connectivity index (χ2v) is 11.7. The van der Waals surface area contributed by atoms with Gasteiger partial charge in [-0.2, -0.15) is 4.31 Å². The molecule has 1 N–H and O–H groups in total. The van der Waals surface area contributed by atoms with Gasteiger partial charge in [-0.15, -0.1) is 0 Å². The number of nitrogens with one attached hydrogen (secondary N) is 1. The molecule has 2 aliphatic heterocycles. The molecule has 0 aromatic heterocycles. The van der Waals surface area contributed by atoms with E-state index in [1.165, 1.54) is 20.3 Å². The summed E-state index contributed by atoms with van der Waals surface area (Å²) in [7, 11) is -6.80. The Morgan fingerprint density at radius 3 is 2.30 bits per heavy atom. The van der Waals surface area contributed by atoms with Crippen LogP contribution < -0.4 is 5.32 Å². The topological polar surface area (TPSA) is 104 Å². The molecule has 0 saturated carbocycles. The zero-order valence-corrected chi connectivity index (χ0v) is 18.7. The van der Waals surface area contributed by atoms with E-state index in [9.17, 15) is 21.6 Å². The Balaban J connectivity index is 1.51. The molecule has 0 spiro atoms. The van der Waals surface area contributed by atoms with Gasteiger partial charge in [0, 0.05) is 43.5 Å². The lowest BCUT2D eigenvalue weighted by atomic mass is 9.96. The number of hydrogen-bond donors (Lipinski definition) is 1. The van der Waals surface area contributed by atoms with Crippen LogP contribution in [0.2, 0.25) is 0 Å². The van der Waals surface area contributed by atoms with Gasteiger partial charge in [0.25, 0.3) is 0 Å². The molecule has 2 aliphatic rings. The van der Waals surface area contributed by atoms with Crippen LogP contribution in [0.1, 0.15) is 31.2 Å². The maximum atomic E-state index is 12.6. The van der Waals surface area contributed by atoms with Crippen LogP contribution in [-0.4, -0.2) is 69.8 Å². The maximum Gasteiger partial charge on any atom is 0.236 e. The van der Waals surface area contributed by atoms with Crippen LogP contribution in [0, 0.1) is 5.92 Å². The summed E-state index contributed by atoms with van der Waals surface area (Å²) >= 11 is 0. The number of amides is 1. The van der Waals surface area contributed by atoms with Crippen LogP contribution in [-0.2, 0) is 24.8 Å². The van der Waals surface area contributed by atoms with Crippen LogP contribution in [0.4, 0.5) is 0 Å². The summed E-state index contributed by atoms with van der Waals surface area (Å²) in [5.74, 6) is -0.379. The lowest BCUT2D eigenvalue weighted by molar-refractivity contribution is -0.127. The predicted octanol–water partition coefficient (Wildman–Crippen LogP) is 1.24. The average molecular weight is 456 g/mol. The summed E-state index contributed by atoms with van der Waals surface area (Å²) in [5, 5.41) is 4.18. The van der Waals surface area contributed by atoms with Crippen molar-refractivity contribution in [1.29, 1.82) is 0 Å². The molecule has 2 saturated heterocycles.